The number of rotatable bonds is 4. The molecule has 24 heavy (non-hydrogen) atoms. The Hall–Kier alpha value is -3.08. The molecule has 1 heterocycles. The maximum atomic E-state index is 12.3. The van der Waals surface area contributed by atoms with Crippen molar-refractivity contribution in [1.82, 2.24) is 5.16 Å². The summed E-state index contributed by atoms with van der Waals surface area (Å²) in [6.45, 7) is 4.03. The van der Waals surface area contributed by atoms with Crippen molar-refractivity contribution in [3.8, 4) is 17.1 Å². The number of amides is 1. The molecule has 0 aliphatic heterocycles. The van der Waals surface area contributed by atoms with Gasteiger partial charge in [0.05, 0.1) is 7.11 Å². The van der Waals surface area contributed by atoms with Gasteiger partial charge in [-0.3, -0.25) is 4.79 Å². The minimum absolute atomic E-state index is 0.228. The lowest BCUT2D eigenvalue weighted by Gasteiger charge is -2.05. The molecule has 0 spiro atoms. The number of carbonyl (C=O) groups excluding carboxylic acids is 1. The fourth-order valence-electron chi connectivity index (χ4n) is 2.31. The lowest BCUT2D eigenvalue weighted by atomic mass is 10.1. The van der Waals surface area contributed by atoms with Crippen molar-refractivity contribution in [3.63, 3.8) is 0 Å². The number of benzene rings is 2. The van der Waals surface area contributed by atoms with Gasteiger partial charge in [0.15, 0.2) is 11.5 Å². The van der Waals surface area contributed by atoms with Crippen LogP contribution in [0, 0.1) is 13.8 Å². The van der Waals surface area contributed by atoms with Gasteiger partial charge >= 0.3 is 0 Å². The number of nitrogens with one attached hydrogen (secondary N) is 1. The average Bonchev–Trinajstić information content (AvgIpc) is 3.08. The predicted molar refractivity (Wildman–Crippen MR) is 92.4 cm³/mol. The number of ether oxygens (including phenoxy) is 1. The highest BCUT2D eigenvalue weighted by Gasteiger charge is 2.14. The minimum Gasteiger partial charge on any atom is -0.497 e. The second kappa shape index (κ2) is 6.58. The number of aryl methyl sites for hydroxylation is 2. The summed E-state index contributed by atoms with van der Waals surface area (Å²) in [7, 11) is 1.60. The lowest BCUT2D eigenvalue weighted by Crippen LogP contribution is -2.12. The fourth-order valence-corrected chi connectivity index (χ4v) is 2.31. The van der Waals surface area contributed by atoms with Gasteiger partial charge in [0.1, 0.15) is 5.75 Å². The van der Waals surface area contributed by atoms with Crippen molar-refractivity contribution in [3.05, 3.63) is 65.4 Å². The highest BCUT2D eigenvalue weighted by molar-refractivity contribution is 6.03. The Morgan fingerprint density at radius 2 is 1.92 bits per heavy atom. The van der Waals surface area contributed by atoms with Crippen LogP contribution in [0.4, 0.5) is 5.69 Å². The third kappa shape index (κ3) is 3.30. The van der Waals surface area contributed by atoms with Crippen molar-refractivity contribution in [2.75, 3.05) is 12.4 Å². The molecular formula is C19H18N2O3. The number of methoxy groups -OCH3 is 1. The predicted octanol–water partition coefficient (Wildman–Crippen LogP) is 4.22. The van der Waals surface area contributed by atoms with Gasteiger partial charge in [0.2, 0.25) is 0 Å². The third-order valence-electron chi connectivity index (χ3n) is 3.86. The zero-order valence-corrected chi connectivity index (χ0v) is 13.8. The zero-order chi connectivity index (χ0) is 17.1. The number of anilines is 1. The van der Waals surface area contributed by atoms with Crippen molar-refractivity contribution >= 4 is 11.6 Å². The Kier molecular flexibility index (Phi) is 4.33. The van der Waals surface area contributed by atoms with Crippen LogP contribution in [0.3, 0.4) is 0 Å². The maximum absolute atomic E-state index is 12.3. The number of carbonyl (C=O) groups is 1. The standard InChI is InChI=1S/C19H18N2O3/c1-12-7-8-15(9-13(12)2)20-19(22)17-11-18(24-21-17)14-5-4-6-16(10-14)23-3/h4-11H,1-3H3,(H,20,22). The van der Waals surface area contributed by atoms with Gasteiger partial charge < -0.3 is 14.6 Å². The quantitative estimate of drug-likeness (QED) is 0.781. The van der Waals surface area contributed by atoms with E-state index in [9.17, 15) is 4.79 Å². The highest BCUT2D eigenvalue weighted by atomic mass is 16.5. The summed E-state index contributed by atoms with van der Waals surface area (Å²) < 4.78 is 10.5. The molecule has 0 atom stereocenters. The van der Waals surface area contributed by atoms with Crippen LogP contribution in [0.5, 0.6) is 5.75 Å². The number of hydrogen-bond acceptors (Lipinski definition) is 4. The average molecular weight is 322 g/mol. The molecule has 5 nitrogen and oxygen atoms in total. The highest BCUT2D eigenvalue weighted by Crippen LogP contribution is 2.25. The van der Waals surface area contributed by atoms with Gasteiger partial charge in [-0.05, 0) is 49.2 Å². The lowest BCUT2D eigenvalue weighted by molar-refractivity contribution is 0.101. The van der Waals surface area contributed by atoms with Gasteiger partial charge in [-0.1, -0.05) is 23.4 Å². The van der Waals surface area contributed by atoms with Crippen LogP contribution in [-0.4, -0.2) is 18.2 Å². The van der Waals surface area contributed by atoms with E-state index in [-0.39, 0.29) is 11.6 Å². The van der Waals surface area contributed by atoms with Crippen LogP contribution >= 0.6 is 0 Å². The SMILES string of the molecule is COc1cccc(-c2cc(C(=O)Nc3ccc(C)c(C)c3)no2)c1. The molecule has 1 N–H and O–H groups in total. The van der Waals surface area contributed by atoms with Crippen LogP contribution in [0.15, 0.2) is 53.1 Å². The Labute approximate surface area is 140 Å². The molecule has 0 saturated carbocycles. The smallest absolute Gasteiger partial charge is 0.277 e. The van der Waals surface area contributed by atoms with Gasteiger partial charge in [-0.25, -0.2) is 0 Å². The topological polar surface area (TPSA) is 64.4 Å². The van der Waals surface area contributed by atoms with Gasteiger partial charge in [-0.15, -0.1) is 0 Å². The van der Waals surface area contributed by atoms with Crippen LogP contribution < -0.4 is 10.1 Å². The van der Waals surface area contributed by atoms with E-state index in [0.717, 1.165) is 16.8 Å². The van der Waals surface area contributed by atoms with Gasteiger partial charge in [0, 0.05) is 17.3 Å². The molecule has 0 unspecified atom stereocenters. The first kappa shape index (κ1) is 15.8. The molecule has 0 aliphatic rings. The van der Waals surface area contributed by atoms with Crippen molar-refractivity contribution in [1.29, 1.82) is 0 Å². The molecule has 3 rings (SSSR count). The molecule has 0 fully saturated rings. The van der Waals surface area contributed by atoms with Crippen molar-refractivity contribution in [2.45, 2.75) is 13.8 Å². The summed E-state index contributed by atoms with van der Waals surface area (Å²) in [4.78, 5) is 12.3. The van der Waals surface area contributed by atoms with Crippen LogP contribution in [0.25, 0.3) is 11.3 Å². The molecule has 0 bridgehead atoms. The first-order valence-electron chi connectivity index (χ1n) is 7.56. The largest absolute Gasteiger partial charge is 0.497 e. The van der Waals surface area contributed by atoms with Crippen LogP contribution in [0.2, 0.25) is 0 Å². The molecule has 1 aromatic heterocycles. The number of hydrogen-bond donors (Lipinski definition) is 1. The maximum Gasteiger partial charge on any atom is 0.277 e. The molecule has 0 aliphatic carbocycles. The minimum atomic E-state index is -0.309. The molecule has 1 amide bonds. The molecule has 122 valence electrons. The van der Waals surface area contributed by atoms with Crippen molar-refractivity contribution in [2.24, 2.45) is 0 Å². The molecular weight excluding hydrogens is 304 g/mol. The number of aromatic nitrogens is 1. The number of nitrogens with zero attached hydrogens (tertiary/aromatic N) is 1. The second-order valence-corrected chi connectivity index (χ2v) is 5.56. The van der Waals surface area contributed by atoms with E-state index in [0.29, 0.717) is 11.5 Å². The summed E-state index contributed by atoms with van der Waals surface area (Å²) >= 11 is 0. The molecule has 2 aromatic carbocycles. The Bertz CT molecular complexity index is 884. The van der Waals surface area contributed by atoms with Crippen molar-refractivity contribution < 1.29 is 14.1 Å². The van der Waals surface area contributed by atoms with E-state index < -0.39 is 0 Å². The molecule has 0 radical (unpaired) electrons. The third-order valence-corrected chi connectivity index (χ3v) is 3.86. The van der Waals surface area contributed by atoms with Gasteiger partial charge in [-0.2, -0.15) is 0 Å². The fraction of sp³-hybridized carbons (Fsp3) is 0.158. The first-order valence-corrected chi connectivity index (χ1v) is 7.56. The summed E-state index contributed by atoms with van der Waals surface area (Å²) in [5.74, 6) is 0.917. The molecule has 5 heteroatoms. The van der Waals surface area contributed by atoms with E-state index >= 15 is 0 Å². The Morgan fingerprint density at radius 1 is 1.08 bits per heavy atom. The first-order chi connectivity index (χ1) is 11.6. The summed E-state index contributed by atoms with van der Waals surface area (Å²) in [5, 5.41) is 6.68. The summed E-state index contributed by atoms with van der Waals surface area (Å²) in [6, 6.07) is 14.8. The zero-order valence-electron chi connectivity index (χ0n) is 13.8. The van der Waals surface area contributed by atoms with E-state index in [2.05, 4.69) is 10.5 Å². The van der Waals surface area contributed by atoms with E-state index in [1.54, 1.807) is 13.2 Å². The van der Waals surface area contributed by atoms with E-state index in [1.807, 2.05) is 56.3 Å². The van der Waals surface area contributed by atoms with E-state index in [1.165, 1.54) is 5.56 Å². The Morgan fingerprint density at radius 3 is 2.67 bits per heavy atom. The summed E-state index contributed by atoms with van der Waals surface area (Å²) in [6.07, 6.45) is 0. The van der Waals surface area contributed by atoms with Gasteiger partial charge in [0.25, 0.3) is 5.91 Å². The second-order valence-electron chi connectivity index (χ2n) is 5.56. The molecule has 0 saturated heterocycles. The van der Waals surface area contributed by atoms with Crippen LogP contribution in [0.1, 0.15) is 21.6 Å². The van der Waals surface area contributed by atoms with E-state index in [4.69, 9.17) is 9.26 Å². The monoisotopic (exact) mass is 322 g/mol. The normalized spacial score (nSPS) is 10.5. The van der Waals surface area contributed by atoms with Crippen LogP contribution in [-0.2, 0) is 0 Å². The Balaban J connectivity index is 1.79. The summed E-state index contributed by atoms with van der Waals surface area (Å²) in [5.41, 5.74) is 4.05. The molecule has 3 aromatic rings.